The van der Waals surface area contributed by atoms with Gasteiger partial charge < -0.3 is 13.7 Å². The molecule has 4 heteroatoms. The maximum absolute atomic E-state index is 5.86. The lowest BCUT2D eigenvalue weighted by molar-refractivity contribution is 0.265. The molecule has 0 spiro atoms. The second-order valence-electron chi connectivity index (χ2n) is 5.36. The van der Waals surface area contributed by atoms with Crippen molar-refractivity contribution in [3.63, 3.8) is 0 Å². The first kappa shape index (κ1) is 15.2. The zero-order valence-electron chi connectivity index (χ0n) is 13.1. The van der Waals surface area contributed by atoms with E-state index in [4.69, 9.17) is 13.7 Å². The number of allylic oxidation sites excluding steroid dienone is 1. The first-order chi connectivity index (χ1) is 11.3. The monoisotopic (exact) mass is 309 g/mol. The van der Waals surface area contributed by atoms with Crippen molar-refractivity contribution in [2.45, 2.75) is 26.4 Å². The number of ether oxygens (including phenoxy) is 1. The van der Waals surface area contributed by atoms with E-state index in [1.165, 1.54) is 0 Å². The molecule has 0 unspecified atom stereocenters. The molecule has 0 N–H and O–H groups in total. The van der Waals surface area contributed by atoms with E-state index >= 15 is 0 Å². The maximum atomic E-state index is 5.86. The zero-order valence-corrected chi connectivity index (χ0v) is 13.1. The molecule has 0 aliphatic rings. The summed E-state index contributed by atoms with van der Waals surface area (Å²) in [6, 6.07) is 11.9. The Hall–Kier alpha value is -2.75. The number of hydrogen-bond acceptors (Lipinski definition) is 4. The van der Waals surface area contributed by atoms with Gasteiger partial charge in [-0.1, -0.05) is 36.4 Å². The van der Waals surface area contributed by atoms with Crippen molar-refractivity contribution < 1.29 is 13.7 Å². The van der Waals surface area contributed by atoms with Crippen molar-refractivity contribution >= 4 is 0 Å². The Morgan fingerprint density at radius 2 is 2.00 bits per heavy atom. The number of hydrogen-bond donors (Lipinski definition) is 0. The molecule has 3 aromatic rings. The quantitative estimate of drug-likeness (QED) is 0.604. The first-order valence-corrected chi connectivity index (χ1v) is 7.56. The van der Waals surface area contributed by atoms with Crippen molar-refractivity contribution in [1.82, 2.24) is 5.16 Å². The Balaban J connectivity index is 1.81. The number of rotatable bonds is 7. The van der Waals surface area contributed by atoms with E-state index < -0.39 is 0 Å². The molecule has 0 aliphatic heterocycles. The third-order valence-electron chi connectivity index (χ3n) is 3.69. The molecule has 4 nitrogen and oxygen atoms in total. The summed E-state index contributed by atoms with van der Waals surface area (Å²) in [5.41, 5.74) is 3.10. The van der Waals surface area contributed by atoms with Crippen molar-refractivity contribution in [3.8, 4) is 5.88 Å². The minimum atomic E-state index is 0.449. The highest BCUT2D eigenvalue weighted by Gasteiger charge is 2.19. The van der Waals surface area contributed by atoms with Gasteiger partial charge in [0.25, 0.3) is 5.88 Å². The largest absolute Gasteiger partial charge is 0.470 e. The van der Waals surface area contributed by atoms with Crippen LogP contribution in [-0.4, -0.2) is 5.16 Å². The fourth-order valence-corrected chi connectivity index (χ4v) is 2.38. The summed E-state index contributed by atoms with van der Waals surface area (Å²) in [5, 5.41) is 4.07. The van der Waals surface area contributed by atoms with Crippen LogP contribution in [0.1, 0.15) is 28.2 Å². The minimum Gasteiger partial charge on any atom is -0.470 e. The average molecular weight is 309 g/mol. The van der Waals surface area contributed by atoms with E-state index in [0.29, 0.717) is 25.3 Å². The van der Waals surface area contributed by atoms with Crippen LogP contribution in [0.25, 0.3) is 0 Å². The molecular weight excluding hydrogens is 290 g/mol. The number of aromatic nitrogens is 1. The molecule has 0 amide bonds. The number of furan rings is 1. The molecule has 2 aromatic heterocycles. The van der Waals surface area contributed by atoms with Gasteiger partial charge in [0, 0.05) is 12.8 Å². The van der Waals surface area contributed by atoms with Crippen LogP contribution in [0.2, 0.25) is 0 Å². The summed E-state index contributed by atoms with van der Waals surface area (Å²) < 4.78 is 16.8. The van der Waals surface area contributed by atoms with Crippen LogP contribution >= 0.6 is 0 Å². The molecule has 0 radical (unpaired) electrons. The van der Waals surface area contributed by atoms with Crippen LogP contribution in [-0.2, 0) is 19.4 Å². The minimum absolute atomic E-state index is 0.449. The van der Waals surface area contributed by atoms with E-state index in [-0.39, 0.29) is 0 Å². The van der Waals surface area contributed by atoms with Gasteiger partial charge in [-0.05, 0) is 29.3 Å². The first-order valence-electron chi connectivity index (χ1n) is 7.56. The summed E-state index contributed by atoms with van der Waals surface area (Å²) in [7, 11) is 0. The summed E-state index contributed by atoms with van der Waals surface area (Å²) in [6.45, 7) is 6.23. The lowest BCUT2D eigenvalue weighted by Crippen LogP contribution is -2.00. The smallest absolute Gasteiger partial charge is 0.258 e. The fourth-order valence-electron chi connectivity index (χ4n) is 2.38. The van der Waals surface area contributed by atoms with Crippen LogP contribution in [0, 0.1) is 6.92 Å². The van der Waals surface area contributed by atoms with Crippen LogP contribution in [0.3, 0.4) is 0 Å². The van der Waals surface area contributed by atoms with E-state index in [1.807, 2.05) is 43.3 Å². The highest BCUT2D eigenvalue weighted by atomic mass is 16.5. The fraction of sp³-hybridized carbons (Fsp3) is 0.211. The molecule has 23 heavy (non-hydrogen) atoms. The van der Waals surface area contributed by atoms with Gasteiger partial charge in [-0.15, -0.1) is 6.58 Å². The van der Waals surface area contributed by atoms with Gasteiger partial charge in [0.1, 0.15) is 18.1 Å². The van der Waals surface area contributed by atoms with Crippen molar-refractivity contribution in [3.05, 3.63) is 83.5 Å². The second kappa shape index (κ2) is 7.01. The molecular formula is C19H19NO3. The molecule has 3 rings (SSSR count). The van der Waals surface area contributed by atoms with Crippen molar-refractivity contribution in [1.29, 1.82) is 0 Å². The highest BCUT2D eigenvalue weighted by Crippen LogP contribution is 2.27. The standard InChI is InChI=1S/C19H19NO3/c1-3-7-17-16(12-18-14(2)10-11-21-18)19(20-23-17)22-13-15-8-5-4-6-9-15/h3-6,8-11H,1,7,12-13H2,2H3. The van der Waals surface area contributed by atoms with Gasteiger partial charge in [-0.2, -0.15) is 0 Å². The van der Waals surface area contributed by atoms with Crippen molar-refractivity contribution in [2.75, 3.05) is 0 Å². The summed E-state index contributed by atoms with van der Waals surface area (Å²) >= 11 is 0. The van der Waals surface area contributed by atoms with E-state index in [0.717, 1.165) is 28.2 Å². The lowest BCUT2D eigenvalue weighted by Gasteiger charge is -2.05. The van der Waals surface area contributed by atoms with Crippen LogP contribution in [0.15, 0.2) is 64.3 Å². The summed E-state index contributed by atoms with van der Waals surface area (Å²) in [5.74, 6) is 2.17. The Kier molecular flexibility index (Phi) is 4.62. The van der Waals surface area contributed by atoms with Crippen LogP contribution in [0.4, 0.5) is 0 Å². The van der Waals surface area contributed by atoms with Gasteiger partial charge in [0.2, 0.25) is 0 Å². The van der Waals surface area contributed by atoms with Crippen molar-refractivity contribution in [2.24, 2.45) is 0 Å². The van der Waals surface area contributed by atoms with E-state index in [2.05, 4.69) is 11.7 Å². The predicted molar refractivity (Wildman–Crippen MR) is 87.4 cm³/mol. The average Bonchev–Trinajstić information content (AvgIpc) is 3.15. The Morgan fingerprint density at radius 3 is 2.70 bits per heavy atom. The third-order valence-corrected chi connectivity index (χ3v) is 3.69. The van der Waals surface area contributed by atoms with E-state index in [1.54, 1.807) is 12.3 Å². The van der Waals surface area contributed by atoms with Crippen LogP contribution in [0.5, 0.6) is 5.88 Å². The van der Waals surface area contributed by atoms with Gasteiger partial charge in [0.15, 0.2) is 0 Å². The summed E-state index contributed by atoms with van der Waals surface area (Å²) in [6.07, 6.45) is 4.68. The zero-order chi connectivity index (χ0) is 16.1. The highest BCUT2D eigenvalue weighted by molar-refractivity contribution is 5.35. The molecule has 1 aromatic carbocycles. The second-order valence-corrected chi connectivity index (χ2v) is 5.36. The topological polar surface area (TPSA) is 48.4 Å². The van der Waals surface area contributed by atoms with Gasteiger partial charge >= 0.3 is 0 Å². The van der Waals surface area contributed by atoms with E-state index in [9.17, 15) is 0 Å². The lowest BCUT2D eigenvalue weighted by atomic mass is 10.1. The van der Waals surface area contributed by atoms with Gasteiger partial charge in [0.05, 0.1) is 11.8 Å². The molecule has 0 saturated heterocycles. The number of benzene rings is 1. The SMILES string of the molecule is C=CCc1onc(OCc2ccccc2)c1Cc1occc1C. The normalized spacial score (nSPS) is 10.7. The van der Waals surface area contributed by atoms with Crippen LogP contribution < -0.4 is 4.74 Å². The Morgan fingerprint density at radius 1 is 1.17 bits per heavy atom. The molecule has 0 aliphatic carbocycles. The molecule has 0 atom stereocenters. The maximum Gasteiger partial charge on any atom is 0.258 e. The molecule has 0 fully saturated rings. The predicted octanol–water partition coefficient (Wildman–Crippen LogP) is 4.47. The number of nitrogens with zero attached hydrogens (tertiary/aromatic N) is 1. The number of aryl methyl sites for hydroxylation is 1. The molecule has 118 valence electrons. The summed E-state index contributed by atoms with van der Waals surface area (Å²) in [4.78, 5) is 0. The Bertz CT molecular complexity index is 771. The molecule has 0 saturated carbocycles. The van der Waals surface area contributed by atoms with Gasteiger partial charge in [-0.3, -0.25) is 0 Å². The Labute approximate surface area is 135 Å². The molecule has 2 heterocycles. The third kappa shape index (κ3) is 3.54. The molecule has 0 bridgehead atoms. The van der Waals surface area contributed by atoms with Gasteiger partial charge in [-0.25, -0.2) is 0 Å².